The fraction of sp³-hybridized carbons (Fsp3) is 0.588. The molecule has 0 radical (unpaired) electrons. The zero-order valence-corrected chi connectivity index (χ0v) is 11.8. The quantitative estimate of drug-likeness (QED) is 0.745. The fourth-order valence-electron chi connectivity index (χ4n) is 3.90. The number of ketones is 1. The predicted molar refractivity (Wildman–Crippen MR) is 78.8 cm³/mol. The molecule has 1 saturated heterocycles. The Morgan fingerprint density at radius 1 is 1.11 bits per heavy atom. The van der Waals surface area contributed by atoms with Crippen LogP contribution in [0.5, 0.6) is 0 Å². The number of nitrogens with zero attached hydrogens (tertiary/aromatic N) is 1. The second kappa shape index (κ2) is 4.99. The molecule has 102 valence electrons. The van der Waals surface area contributed by atoms with Crippen molar-refractivity contribution in [2.24, 2.45) is 5.41 Å². The van der Waals surface area contributed by atoms with Crippen molar-refractivity contribution in [1.82, 2.24) is 0 Å². The van der Waals surface area contributed by atoms with Crippen LogP contribution in [0.4, 0.5) is 5.69 Å². The molecule has 2 nitrogen and oxygen atoms in total. The molecule has 0 unspecified atom stereocenters. The summed E-state index contributed by atoms with van der Waals surface area (Å²) in [5.41, 5.74) is 2.58. The van der Waals surface area contributed by atoms with E-state index < -0.39 is 0 Å². The molecule has 0 atom stereocenters. The third-order valence-corrected chi connectivity index (χ3v) is 4.98. The summed E-state index contributed by atoms with van der Waals surface area (Å²) in [6.45, 7) is 3.94. The molecule has 0 bridgehead atoms. The first-order valence-corrected chi connectivity index (χ1v) is 7.55. The fourth-order valence-corrected chi connectivity index (χ4v) is 3.90. The van der Waals surface area contributed by atoms with Crippen molar-refractivity contribution in [3.8, 4) is 0 Å². The van der Waals surface area contributed by atoms with E-state index in [0.29, 0.717) is 5.41 Å². The van der Waals surface area contributed by atoms with E-state index in [-0.39, 0.29) is 5.78 Å². The summed E-state index contributed by atoms with van der Waals surface area (Å²) < 4.78 is 0. The highest BCUT2D eigenvalue weighted by atomic mass is 16.1. The van der Waals surface area contributed by atoms with E-state index in [1.165, 1.54) is 38.5 Å². The van der Waals surface area contributed by atoms with Crippen molar-refractivity contribution in [3.63, 3.8) is 0 Å². The maximum Gasteiger partial charge on any atom is 0.161 e. The average molecular weight is 257 g/mol. The summed E-state index contributed by atoms with van der Waals surface area (Å²) in [7, 11) is 0. The summed E-state index contributed by atoms with van der Waals surface area (Å²) in [4.78, 5) is 14.2. The first kappa shape index (κ1) is 12.7. The lowest BCUT2D eigenvalue weighted by Gasteiger charge is -2.33. The molecule has 19 heavy (non-hydrogen) atoms. The van der Waals surface area contributed by atoms with E-state index in [2.05, 4.69) is 11.0 Å². The van der Waals surface area contributed by atoms with Gasteiger partial charge in [-0.2, -0.15) is 0 Å². The Morgan fingerprint density at radius 2 is 1.84 bits per heavy atom. The molecule has 1 aromatic rings. The molecule has 1 spiro atoms. The molecule has 1 aromatic carbocycles. The van der Waals surface area contributed by atoms with Crippen molar-refractivity contribution in [3.05, 3.63) is 29.8 Å². The lowest BCUT2D eigenvalue weighted by Crippen LogP contribution is -2.29. The molecular formula is C17H23NO. The smallest absolute Gasteiger partial charge is 0.161 e. The van der Waals surface area contributed by atoms with E-state index >= 15 is 0 Å². The zero-order valence-electron chi connectivity index (χ0n) is 11.8. The first-order valence-electron chi connectivity index (χ1n) is 7.55. The normalized spacial score (nSPS) is 21.8. The molecule has 1 heterocycles. The molecule has 0 aromatic heterocycles. The topological polar surface area (TPSA) is 20.3 Å². The molecule has 0 amide bonds. The lowest BCUT2D eigenvalue weighted by atomic mass is 9.73. The number of anilines is 1. The van der Waals surface area contributed by atoms with Crippen LogP contribution in [0, 0.1) is 5.41 Å². The Kier molecular flexibility index (Phi) is 3.34. The Morgan fingerprint density at radius 3 is 2.58 bits per heavy atom. The van der Waals surface area contributed by atoms with E-state index in [1.54, 1.807) is 6.92 Å². The van der Waals surface area contributed by atoms with Crippen LogP contribution in [-0.2, 0) is 0 Å². The van der Waals surface area contributed by atoms with Gasteiger partial charge in [-0.25, -0.2) is 0 Å². The molecule has 2 heteroatoms. The Labute approximate surface area is 115 Å². The minimum absolute atomic E-state index is 0.181. The third-order valence-electron chi connectivity index (χ3n) is 4.98. The predicted octanol–water partition coefficient (Wildman–Crippen LogP) is 4.05. The van der Waals surface area contributed by atoms with E-state index in [9.17, 15) is 4.79 Å². The molecule has 0 N–H and O–H groups in total. The average Bonchev–Trinajstić information content (AvgIpc) is 2.83. The van der Waals surface area contributed by atoms with Gasteiger partial charge in [-0.1, -0.05) is 31.4 Å². The number of hydrogen-bond acceptors (Lipinski definition) is 2. The van der Waals surface area contributed by atoms with Gasteiger partial charge in [0, 0.05) is 24.3 Å². The highest BCUT2D eigenvalue weighted by molar-refractivity contribution is 5.99. The highest BCUT2D eigenvalue weighted by Crippen LogP contribution is 2.45. The van der Waals surface area contributed by atoms with Gasteiger partial charge in [0.25, 0.3) is 0 Å². The van der Waals surface area contributed by atoms with Gasteiger partial charge in [0.2, 0.25) is 0 Å². The summed E-state index contributed by atoms with van der Waals surface area (Å²) in [5, 5.41) is 0. The van der Waals surface area contributed by atoms with Crippen molar-refractivity contribution < 1.29 is 4.79 Å². The molecular weight excluding hydrogens is 234 g/mol. The number of para-hydroxylation sites is 1. The van der Waals surface area contributed by atoms with Crippen LogP contribution >= 0.6 is 0 Å². The summed E-state index contributed by atoms with van der Waals surface area (Å²) in [5.74, 6) is 0.181. The molecule has 2 aliphatic rings. The second-order valence-corrected chi connectivity index (χ2v) is 6.31. The van der Waals surface area contributed by atoms with Crippen molar-refractivity contribution in [2.75, 3.05) is 18.0 Å². The number of rotatable bonds is 2. The van der Waals surface area contributed by atoms with Crippen LogP contribution in [0.3, 0.4) is 0 Å². The monoisotopic (exact) mass is 257 g/mol. The van der Waals surface area contributed by atoms with E-state index in [4.69, 9.17) is 0 Å². The highest BCUT2D eigenvalue weighted by Gasteiger charge is 2.39. The zero-order chi connectivity index (χ0) is 13.3. The maximum atomic E-state index is 11.8. The molecule has 3 rings (SSSR count). The standard InChI is InChI=1S/C17H23NO/c1-14(19)15-7-3-4-8-16(15)18-12-11-17(13-18)9-5-2-6-10-17/h3-4,7-8H,2,5-6,9-13H2,1H3. The largest absolute Gasteiger partial charge is 0.370 e. The Bertz CT molecular complexity index is 474. The van der Waals surface area contributed by atoms with E-state index in [1.807, 2.05) is 18.2 Å². The van der Waals surface area contributed by atoms with Crippen LogP contribution in [0.25, 0.3) is 0 Å². The van der Waals surface area contributed by atoms with Gasteiger partial charge in [0.15, 0.2) is 5.78 Å². The number of hydrogen-bond donors (Lipinski definition) is 0. The number of Topliss-reactive ketones (excluding diaryl/α,β-unsaturated/α-hetero) is 1. The number of benzene rings is 1. The molecule has 2 fully saturated rings. The maximum absolute atomic E-state index is 11.8. The van der Waals surface area contributed by atoms with Gasteiger partial charge in [0.1, 0.15) is 0 Å². The summed E-state index contributed by atoms with van der Waals surface area (Å²) in [6, 6.07) is 8.09. The van der Waals surface area contributed by atoms with Crippen molar-refractivity contribution in [1.29, 1.82) is 0 Å². The van der Waals surface area contributed by atoms with Gasteiger partial charge in [-0.15, -0.1) is 0 Å². The van der Waals surface area contributed by atoms with Crippen LogP contribution in [0.2, 0.25) is 0 Å². The van der Waals surface area contributed by atoms with Crippen LogP contribution < -0.4 is 4.90 Å². The SMILES string of the molecule is CC(=O)c1ccccc1N1CCC2(CCCCC2)C1. The third kappa shape index (κ3) is 2.41. The van der Waals surface area contributed by atoms with Gasteiger partial charge < -0.3 is 4.90 Å². The van der Waals surface area contributed by atoms with Crippen molar-refractivity contribution >= 4 is 11.5 Å². The Hall–Kier alpha value is -1.31. The number of carbonyl (C=O) groups excluding carboxylic acids is 1. The van der Waals surface area contributed by atoms with Crippen LogP contribution in [0.15, 0.2) is 24.3 Å². The van der Waals surface area contributed by atoms with Gasteiger partial charge in [0.05, 0.1) is 0 Å². The second-order valence-electron chi connectivity index (χ2n) is 6.31. The van der Waals surface area contributed by atoms with Gasteiger partial charge >= 0.3 is 0 Å². The molecule has 1 aliphatic carbocycles. The van der Waals surface area contributed by atoms with Gasteiger partial charge in [-0.05, 0) is 43.7 Å². The van der Waals surface area contributed by atoms with Crippen LogP contribution in [-0.4, -0.2) is 18.9 Å². The minimum atomic E-state index is 0.181. The molecule has 1 aliphatic heterocycles. The first-order chi connectivity index (χ1) is 9.20. The number of carbonyl (C=O) groups is 1. The summed E-state index contributed by atoms with van der Waals surface area (Å²) in [6.07, 6.45) is 8.26. The van der Waals surface area contributed by atoms with Crippen molar-refractivity contribution in [2.45, 2.75) is 45.4 Å². The molecule has 1 saturated carbocycles. The van der Waals surface area contributed by atoms with Gasteiger partial charge in [-0.3, -0.25) is 4.79 Å². The van der Waals surface area contributed by atoms with E-state index in [0.717, 1.165) is 24.3 Å². The Balaban J connectivity index is 1.83. The minimum Gasteiger partial charge on any atom is -0.370 e. The summed E-state index contributed by atoms with van der Waals surface area (Å²) >= 11 is 0. The van der Waals surface area contributed by atoms with Crippen LogP contribution in [0.1, 0.15) is 55.8 Å². The lowest BCUT2D eigenvalue weighted by molar-refractivity contribution is 0.101.